The summed E-state index contributed by atoms with van der Waals surface area (Å²) in [7, 11) is 0. The molecule has 0 spiro atoms. The molecule has 0 aliphatic heterocycles. The Labute approximate surface area is 115 Å². The normalized spacial score (nSPS) is 12.3. The highest BCUT2D eigenvalue weighted by Crippen LogP contribution is 2.16. The molecule has 1 atom stereocenters. The molecule has 2 nitrogen and oxygen atoms in total. The minimum absolute atomic E-state index is 0.324. The lowest BCUT2D eigenvalue weighted by molar-refractivity contribution is 0.475. The van der Waals surface area contributed by atoms with Crippen LogP contribution < -0.4 is 5.32 Å². The fourth-order valence-electron chi connectivity index (χ4n) is 2.28. The maximum atomic E-state index is 9.23. The number of aromatic hydroxyl groups is 1. The van der Waals surface area contributed by atoms with E-state index in [0.29, 0.717) is 11.8 Å². The van der Waals surface area contributed by atoms with Gasteiger partial charge < -0.3 is 10.4 Å². The van der Waals surface area contributed by atoms with Crippen molar-refractivity contribution in [2.75, 3.05) is 6.54 Å². The van der Waals surface area contributed by atoms with E-state index in [9.17, 15) is 5.11 Å². The second-order valence-corrected chi connectivity index (χ2v) is 4.95. The Hall–Kier alpha value is -1.80. The van der Waals surface area contributed by atoms with Crippen LogP contribution in [-0.2, 0) is 6.42 Å². The van der Waals surface area contributed by atoms with Gasteiger partial charge in [-0.1, -0.05) is 36.4 Å². The third-order valence-electron chi connectivity index (χ3n) is 3.46. The van der Waals surface area contributed by atoms with Gasteiger partial charge in [0.25, 0.3) is 0 Å². The zero-order chi connectivity index (χ0) is 13.7. The van der Waals surface area contributed by atoms with Gasteiger partial charge in [-0.3, -0.25) is 0 Å². The molecule has 0 aliphatic carbocycles. The molecule has 100 valence electrons. The van der Waals surface area contributed by atoms with Crippen LogP contribution in [-0.4, -0.2) is 11.7 Å². The van der Waals surface area contributed by atoms with E-state index in [1.54, 1.807) is 12.1 Å². The minimum atomic E-state index is 0.324. The molecule has 0 aliphatic rings. The standard InChI is InChI=1S/C17H21NO/c1-13-5-3-4-6-17(13)14(2)18-12-11-15-7-9-16(19)10-8-15/h3-10,14,18-19H,11-12H2,1-2H3. The van der Waals surface area contributed by atoms with Gasteiger partial charge in [0.05, 0.1) is 0 Å². The Morgan fingerprint density at radius 1 is 1.05 bits per heavy atom. The summed E-state index contributed by atoms with van der Waals surface area (Å²) in [5, 5.41) is 12.8. The second-order valence-electron chi connectivity index (χ2n) is 4.95. The smallest absolute Gasteiger partial charge is 0.115 e. The lowest BCUT2D eigenvalue weighted by Crippen LogP contribution is -2.21. The second kappa shape index (κ2) is 6.39. The molecule has 0 saturated heterocycles. The van der Waals surface area contributed by atoms with Gasteiger partial charge in [-0.15, -0.1) is 0 Å². The summed E-state index contributed by atoms with van der Waals surface area (Å²) in [4.78, 5) is 0. The largest absolute Gasteiger partial charge is 0.508 e. The van der Waals surface area contributed by atoms with E-state index in [0.717, 1.165) is 13.0 Å². The lowest BCUT2D eigenvalue weighted by Gasteiger charge is -2.16. The molecule has 0 bridgehead atoms. The predicted molar refractivity (Wildman–Crippen MR) is 79.4 cm³/mol. The molecule has 19 heavy (non-hydrogen) atoms. The number of rotatable bonds is 5. The van der Waals surface area contributed by atoms with Crippen molar-refractivity contribution in [1.29, 1.82) is 0 Å². The van der Waals surface area contributed by atoms with Crippen molar-refractivity contribution >= 4 is 0 Å². The van der Waals surface area contributed by atoms with E-state index in [4.69, 9.17) is 0 Å². The summed E-state index contributed by atoms with van der Waals surface area (Å²) in [5.74, 6) is 0.324. The van der Waals surface area contributed by atoms with E-state index in [1.807, 2.05) is 12.1 Å². The number of phenolic OH excluding ortho intramolecular Hbond substituents is 1. The Kier molecular flexibility index (Phi) is 4.58. The van der Waals surface area contributed by atoms with Gasteiger partial charge in [0, 0.05) is 6.04 Å². The molecule has 0 aromatic heterocycles. The van der Waals surface area contributed by atoms with Gasteiger partial charge in [0.15, 0.2) is 0 Å². The molecule has 2 aromatic rings. The van der Waals surface area contributed by atoms with Crippen molar-refractivity contribution < 1.29 is 5.11 Å². The third kappa shape index (κ3) is 3.83. The van der Waals surface area contributed by atoms with E-state index in [-0.39, 0.29) is 0 Å². The average Bonchev–Trinajstić information content (AvgIpc) is 2.41. The van der Waals surface area contributed by atoms with E-state index in [2.05, 4.69) is 43.4 Å². The average molecular weight is 255 g/mol. The Bertz CT molecular complexity index is 519. The van der Waals surface area contributed by atoms with Gasteiger partial charge in [-0.25, -0.2) is 0 Å². The van der Waals surface area contributed by atoms with Gasteiger partial charge in [0.2, 0.25) is 0 Å². The number of aryl methyl sites for hydroxylation is 1. The third-order valence-corrected chi connectivity index (χ3v) is 3.46. The Balaban J connectivity index is 1.86. The highest BCUT2D eigenvalue weighted by molar-refractivity contribution is 5.28. The molecule has 0 radical (unpaired) electrons. The topological polar surface area (TPSA) is 32.3 Å². The van der Waals surface area contributed by atoms with Crippen molar-refractivity contribution in [1.82, 2.24) is 5.32 Å². The van der Waals surface area contributed by atoms with Crippen molar-refractivity contribution in [3.8, 4) is 5.75 Å². The summed E-state index contributed by atoms with van der Waals surface area (Å²) in [5.41, 5.74) is 3.92. The molecule has 0 heterocycles. The van der Waals surface area contributed by atoms with Crippen molar-refractivity contribution in [3.63, 3.8) is 0 Å². The van der Waals surface area contributed by atoms with Gasteiger partial charge in [-0.05, 0) is 55.6 Å². The van der Waals surface area contributed by atoms with Gasteiger partial charge in [-0.2, -0.15) is 0 Å². The number of phenols is 1. The van der Waals surface area contributed by atoms with Crippen molar-refractivity contribution in [3.05, 3.63) is 65.2 Å². The maximum Gasteiger partial charge on any atom is 0.115 e. The molecule has 0 amide bonds. The highest BCUT2D eigenvalue weighted by Gasteiger charge is 2.06. The highest BCUT2D eigenvalue weighted by atomic mass is 16.3. The molecular weight excluding hydrogens is 234 g/mol. The first-order valence-corrected chi connectivity index (χ1v) is 6.73. The fraction of sp³-hybridized carbons (Fsp3) is 0.294. The maximum absolute atomic E-state index is 9.23. The van der Waals surface area contributed by atoms with E-state index >= 15 is 0 Å². The van der Waals surface area contributed by atoms with Gasteiger partial charge in [0.1, 0.15) is 5.75 Å². The molecule has 2 heteroatoms. The Morgan fingerprint density at radius 2 is 1.74 bits per heavy atom. The monoisotopic (exact) mass is 255 g/mol. The van der Waals surface area contributed by atoms with Crippen LogP contribution in [0.2, 0.25) is 0 Å². The number of benzene rings is 2. The fourth-order valence-corrected chi connectivity index (χ4v) is 2.28. The molecule has 0 fully saturated rings. The molecular formula is C17H21NO. The number of hydrogen-bond acceptors (Lipinski definition) is 2. The predicted octanol–water partition coefficient (Wildman–Crippen LogP) is 3.59. The first kappa shape index (κ1) is 13.6. The van der Waals surface area contributed by atoms with Crippen LogP contribution >= 0.6 is 0 Å². The first-order chi connectivity index (χ1) is 9.16. The molecule has 2 N–H and O–H groups in total. The molecule has 2 aromatic carbocycles. The summed E-state index contributed by atoms with van der Waals surface area (Å²) in [6.07, 6.45) is 0.969. The zero-order valence-electron chi connectivity index (χ0n) is 11.6. The Morgan fingerprint density at radius 3 is 2.42 bits per heavy atom. The van der Waals surface area contributed by atoms with Gasteiger partial charge >= 0.3 is 0 Å². The van der Waals surface area contributed by atoms with Crippen LogP contribution in [0, 0.1) is 6.92 Å². The van der Waals surface area contributed by atoms with Crippen LogP contribution in [0.3, 0.4) is 0 Å². The quantitative estimate of drug-likeness (QED) is 0.855. The van der Waals surface area contributed by atoms with E-state index < -0.39 is 0 Å². The molecule has 2 rings (SSSR count). The van der Waals surface area contributed by atoms with Crippen LogP contribution in [0.5, 0.6) is 5.75 Å². The summed E-state index contributed by atoms with van der Waals surface area (Å²) >= 11 is 0. The number of hydrogen-bond donors (Lipinski definition) is 2. The van der Waals surface area contributed by atoms with Crippen LogP contribution in [0.15, 0.2) is 48.5 Å². The van der Waals surface area contributed by atoms with Crippen LogP contribution in [0.4, 0.5) is 0 Å². The first-order valence-electron chi connectivity index (χ1n) is 6.73. The molecule has 1 unspecified atom stereocenters. The molecule has 0 saturated carbocycles. The van der Waals surface area contributed by atoms with Crippen LogP contribution in [0.1, 0.15) is 29.7 Å². The summed E-state index contributed by atoms with van der Waals surface area (Å²) in [6.45, 7) is 5.27. The summed E-state index contributed by atoms with van der Waals surface area (Å²) < 4.78 is 0. The SMILES string of the molecule is Cc1ccccc1C(C)NCCc1ccc(O)cc1. The zero-order valence-corrected chi connectivity index (χ0v) is 11.6. The van der Waals surface area contributed by atoms with E-state index in [1.165, 1.54) is 16.7 Å². The lowest BCUT2D eigenvalue weighted by atomic mass is 10.0. The number of nitrogens with one attached hydrogen (secondary N) is 1. The van der Waals surface area contributed by atoms with Crippen LogP contribution in [0.25, 0.3) is 0 Å². The minimum Gasteiger partial charge on any atom is -0.508 e. The van der Waals surface area contributed by atoms with Crippen molar-refractivity contribution in [2.24, 2.45) is 0 Å². The summed E-state index contributed by atoms with van der Waals surface area (Å²) in [6, 6.07) is 16.2. The van der Waals surface area contributed by atoms with Crippen molar-refractivity contribution in [2.45, 2.75) is 26.3 Å².